The summed E-state index contributed by atoms with van der Waals surface area (Å²) in [5, 5.41) is 7.33. The second-order valence-electron chi connectivity index (χ2n) is 9.00. The van der Waals surface area contributed by atoms with Gasteiger partial charge in [0.05, 0.1) is 22.5 Å². The molecule has 1 saturated heterocycles. The maximum absolute atomic E-state index is 14.0. The molecule has 1 aromatic carbocycles. The Kier molecular flexibility index (Phi) is 6.67. The van der Waals surface area contributed by atoms with Crippen molar-refractivity contribution in [3.8, 4) is 11.1 Å². The van der Waals surface area contributed by atoms with Gasteiger partial charge in [-0.2, -0.15) is 5.10 Å². The Labute approximate surface area is 217 Å². The third-order valence-corrected chi connectivity index (χ3v) is 7.81. The first-order valence-electron chi connectivity index (χ1n) is 11.6. The van der Waals surface area contributed by atoms with E-state index in [1.807, 2.05) is 6.92 Å². The molecule has 13 heteroatoms. The molecule has 1 aliphatic heterocycles. The van der Waals surface area contributed by atoms with Crippen molar-refractivity contribution in [2.75, 3.05) is 18.2 Å². The predicted molar refractivity (Wildman–Crippen MR) is 136 cm³/mol. The van der Waals surface area contributed by atoms with E-state index < -0.39 is 28.3 Å². The van der Waals surface area contributed by atoms with Crippen LogP contribution in [0.5, 0.6) is 0 Å². The highest BCUT2D eigenvalue weighted by atomic mass is 35.5. The summed E-state index contributed by atoms with van der Waals surface area (Å²) in [4.78, 5) is 8.49. The minimum absolute atomic E-state index is 0.0264. The number of halogens is 3. The first kappa shape index (κ1) is 25.6. The second kappa shape index (κ2) is 9.66. The van der Waals surface area contributed by atoms with E-state index in [1.165, 1.54) is 10.6 Å². The number of aryl methyl sites for hydroxylation is 1. The minimum atomic E-state index is -3.69. The first-order valence-corrected chi connectivity index (χ1v) is 13.9. The largest absolute Gasteiger partial charge is 0.358 e. The highest BCUT2D eigenvalue weighted by Crippen LogP contribution is 2.38. The highest BCUT2D eigenvalue weighted by Gasteiger charge is 2.29. The van der Waals surface area contributed by atoms with Crippen molar-refractivity contribution in [3.05, 3.63) is 47.1 Å². The van der Waals surface area contributed by atoms with Crippen LogP contribution in [0.4, 0.5) is 20.2 Å². The van der Waals surface area contributed by atoms with Gasteiger partial charge in [-0.1, -0.05) is 17.7 Å². The second-order valence-corrected chi connectivity index (χ2v) is 11.4. The fourth-order valence-corrected chi connectivity index (χ4v) is 5.59. The van der Waals surface area contributed by atoms with Crippen LogP contribution in [0.25, 0.3) is 22.3 Å². The van der Waals surface area contributed by atoms with Gasteiger partial charge >= 0.3 is 0 Å². The molecule has 9 nitrogen and oxygen atoms in total. The lowest BCUT2D eigenvalue weighted by Crippen LogP contribution is -2.20. The number of imidazole rings is 1. The van der Waals surface area contributed by atoms with Crippen molar-refractivity contribution in [3.63, 3.8) is 0 Å². The Balaban J connectivity index is 1.64. The van der Waals surface area contributed by atoms with Crippen molar-refractivity contribution < 1.29 is 21.9 Å². The number of alkyl halides is 2. The number of benzene rings is 1. The molecule has 3 aromatic heterocycles. The van der Waals surface area contributed by atoms with Gasteiger partial charge in [-0.25, -0.2) is 27.2 Å². The van der Waals surface area contributed by atoms with E-state index in [1.54, 1.807) is 36.1 Å². The summed E-state index contributed by atoms with van der Waals surface area (Å²) in [6.45, 7) is 2.33. The molecule has 0 amide bonds. The average molecular weight is 551 g/mol. The quantitative estimate of drug-likeness (QED) is 0.313. The monoisotopic (exact) mass is 550 g/mol. The highest BCUT2D eigenvalue weighted by molar-refractivity contribution is 7.90. The fourth-order valence-electron chi connectivity index (χ4n) is 4.54. The standard InChI is InChI=1S/C24H25ClF2N6O3S/c1-13-15(12-28-32(13)2)14-7-8-16(18(10-14)37(3,34)35)29-17-11-19(25)30-23-21(17)31-24(22(26)27)33(23)20-6-4-5-9-36-20/h7-8,10-12,20,22H,4-6,9H2,1-3H3,(H,29,30). The van der Waals surface area contributed by atoms with Crippen LogP contribution in [-0.2, 0) is 21.6 Å². The molecule has 0 radical (unpaired) electrons. The summed E-state index contributed by atoms with van der Waals surface area (Å²) >= 11 is 6.30. The fraction of sp³-hybridized carbons (Fsp3) is 0.375. The van der Waals surface area contributed by atoms with E-state index in [4.69, 9.17) is 16.3 Å². The van der Waals surface area contributed by atoms with E-state index in [0.717, 1.165) is 30.4 Å². The number of rotatable bonds is 6. The maximum atomic E-state index is 14.0. The molecule has 0 saturated carbocycles. The van der Waals surface area contributed by atoms with Crippen LogP contribution in [0, 0.1) is 6.92 Å². The average Bonchev–Trinajstić information content (AvgIpc) is 3.39. The van der Waals surface area contributed by atoms with Gasteiger partial charge in [0.15, 0.2) is 21.3 Å². The molecular weight excluding hydrogens is 526 g/mol. The third kappa shape index (κ3) is 4.80. The van der Waals surface area contributed by atoms with Crippen molar-refractivity contribution in [2.45, 2.75) is 43.7 Å². The number of fused-ring (bicyclic) bond motifs is 1. The van der Waals surface area contributed by atoms with Gasteiger partial charge in [-0.3, -0.25) is 9.25 Å². The summed E-state index contributed by atoms with van der Waals surface area (Å²) in [7, 11) is -1.89. The number of nitrogens with one attached hydrogen (secondary N) is 1. The van der Waals surface area contributed by atoms with Crippen LogP contribution in [0.15, 0.2) is 35.4 Å². The summed E-state index contributed by atoms with van der Waals surface area (Å²) in [6.07, 6.45) is 1.45. The number of hydrogen-bond acceptors (Lipinski definition) is 7. The van der Waals surface area contributed by atoms with Gasteiger partial charge in [0, 0.05) is 37.2 Å². The molecule has 1 N–H and O–H groups in total. The number of nitrogens with zero attached hydrogens (tertiary/aromatic N) is 5. The Morgan fingerprint density at radius 2 is 1.97 bits per heavy atom. The van der Waals surface area contributed by atoms with Gasteiger partial charge in [-0.05, 0) is 43.9 Å². The molecule has 1 unspecified atom stereocenters. The molecule has 1 fully saturated rings. The van der Waals surface area contributed by atoms with Crippen LogP contribution in [0.3, 0.4) is 0 Å². The molecule has 4 heterocycles. The molecule has 37 heavy (non-hydrogen) atoms. The van der Waals surface area contributed by atoms with E-state index in [-0.39, 0.29) is 32.6 Å². The molecule has 1 aliphatic rings. The summed E-state index contributed by atoms with van der Waals surface area (Å²) in [5.41, 5.74) is 3.12. The Hall–Kier alpha value is -3.09. The van der Waals surface area contributed by atoms with Crippen LogP contribution in [-0.4, -0.2) is 45.6 Å². The number of pyridine rings is 1. The van der Waals surface area contributed by atoms with Gasteiger partial charge in [0.1, 0.15) is 16.9 Å². The van der Waals surface area contributed by atoms with Crippen molar-refractivity contribution >= 4 is 44.0 Å². The van der Waals surface area contributed by atoms with E-state index >= 15 is 0 Å². The van der Waals surface area contributed by atoms with Gasteiger partial charge in [-0.15, -0.1) is 0 Å². The first-order chi connectivity index (χ1) is 17.5. The lowest BCUT2D eigenvalue weighted by atomic mass is 10.1. The van der Waals surface area contributed by atoms with E-state index in [0.29, 0.717) is 18.6 Å². The summed E-state index contributed by atoms with van der Waals surface area (Å²) in [6, 6.07) is 6.37. The van der Waals surface area contributed by atoms with Crippen molar-refractivity contribution in [1.29, 1.82) is 0 Å². The van der Waals surface area contributed by atoms with E-state index in [9.17, 15) is 17.2 Å². The molecule has 5 rings (SSSR count). The van der Waals surface area contributed by atoms with Crippen molar-refractivity contribution in [2.24, 2.45) is 7.05 Å². The Morgan fingerprint density at radius 3 is 2.59 bits per heavy atom. The lowest BCUT2D eigenvalue weighted by Gasteiger charge is -2.25. The van der Waals surface area contributed by atoms with Gasteiger partial charge in [0.2, 0.25) is 0 Å². The summed E-state index contributed by atoms with van der Waals surface area (Å²) in [5.74, 6) is -0.481. The van der Waals surface area contributed by atoms with Crippen LogP contribution < -0.4 is 5.32 Å². The number of sulfone groups is 1. The molecular formula is C24H25ClF2N6O3S. The maximum Gasteiger partial charge on any atom is 0.295 e. The Morgan fingerprint density at radius 1 is 1.19 bits per heavy atom. The minimum Gasteiger partial charge on any atom is -0.358 e. The number of hydrogen-bond donors (Lipinski definition) is 1. The number of anilines is 2. The normalized spacial score (nSPS) is 16.6. The van der Waals surface area contributed by atoms with Crippen LogP contribution in [0.1, 0.15) is 43.4 Å². The van der Waals surface area contributed by atoms with Gasteiger partial charge < -0.3 is 10.1 Å². The van der Waals surface area contributed by atoms with Crippen molar-refractivity contribution in [1.82, 2.24) is 24.3 Å². The third-order valence-electron chi connectivity index (χ3n) is 6.48. The molecule has 196 valence electrons. The molecule has 0 spiro atoms. The number of ether oxygens (including phenoxy) is 1. The lowest BCUT2D eigenvalue weighted by molar-refractivity contribution is -0.0363. The zero-order chi connectivity index (χ0) is 26.5. The molecule has 1 atom stereocenters. The smallest absolute Gasteiger partial charge is 0.295 e. The molecule has 0 bridgehead atoms. The number of aromatic nitrogens is 5. The molecule has 4 aromatic rings. The predicted octanol–water partition coefficient (Wildman–Crippen LogP) is 5.58. The topological polar surface area (TPSA) is 104 Å². The van der Waals surface area contributed by atoms with Crippen LogP contribution >= 0.6 is 11.6 Å². The Bertz CT molecular complexity index is 1600. The SMILES string of the molecule is Cc1c(-c2ccc(Nc3cc(Cl)nc4c3nc(C(F)F)n4C3CCCCO3)c(S(C)(=O)=O)c2)cnn1C. The van der Waals surface area contributed by atoms with Crippen LogP contribution in [0.2, 0.25) is 5.15 Å². The zero-order valence-electron chi connectivity index (χ0n) is 20.4. The molecule has 0 aliphatic carbocycles. The summed E-state index contributed by atoms with van der Waals surface area (Å²) < 4.78 is 62.3. The zero-order valence-corrected chi connectivity index (χ0v) is 21.9. The van der Waals surface area contributed by atoms with E-state index in [2.05, 4.69) is 20.4 Å². The van der Waals surface area contributed by atoms with Gasteiger partial charge in [0.25, 0.3) is 6.43 Å².